The first-order valence-electron chi connectivity index (χ1n) is 6.93. The van der Waals surface area contributed by atoms with Crippen molar-refractivity contribution in [1.29, 1.82) is 0 Å². The highest BCUT2D eigenvalue weighted by Crippen LogP contribution is 2.20. The lowest BCUT2D eigenvalue weighted by atomic mass is 10.1. The number of carbonyl (C=O) groups is 1. The van der Waals surface area contributed by atoms with Crippen LogP contribution in [0.4, 0.5) is 5.69 Å². The molecule has 0 aliphatic carbocycles. The van der Waals surface area contributed by atoms with Crippen LogP contribution in [0.15, 0.2) is 35.7 Å². The molecule has 1 aromatic carbocycles. The lowest BCUT2D eigenvalue weighted by molar-refractivity contribution is 0.0691. The van der Waals surface area contributed by atoms with Gasteiger partial charge in [0.1, 0.15) is 0 Å². The Labute approximate surface area is 129 Å². The Bertz CT molecular complexity index is 608. The number of carbonyl (C=O) groups excluding carboxylic acids is 1. The van der Waals surface area contributed by atoms with E-state index in [-0.39, 0.29) is 11.9 Å². The molecule has 1 heterocycles. The van der Waals surface area contributed by atoms with E-state index in [0.29, 0.717) is 6.54 Å². The van der Waals surface area contributed by atoms with Crippen LogP contribution in [0.25, 0.3) is 0 Å². The first-order chi connectivity index (χ1) is 10.0. The van der Waals surface area contributed by atoms with Crippen molar-refractivity contribution in [3.63, 3.8) is 0 Å². The summed E-state index contributed by atoms with van der Waals surface area (Å²) in [6.07, 6.45) is 0. The number of anilines is 1. The largest absolute Gasteiger partial charge is 0.331 e. The number of aryl methyl sites for hydroxylation is 1. The van der Waals surface area contributed by atoms with Gasteiger partial charge in [0.05, 0.1) is 6.54 Å². The summed E-state index contributed by atoms with van der Waals surface area (Å²) in [5.74, 6) is 5.45. The van der Waals surface area contributed by atoms with Crippen molar-refractivity contribution in [2.75, 3.05) is 5.43 Å². The van der Waals surface area contributed by atoms with Crippen LogP contribution in [-0.4, -0.2) is 16.8 Å². The highest BCUT2D eigenvalue weighted by atomic mass is 32.1. The second-order valence-corrected chi connectivity index (χ2v) is 6.31. The Balaban J connectivity index is 2.26. The molecule has 0 saturated carbocycles. The molecule has 0 saturated heterocycles. The van der Waals surface area contributed by atoms with E-state index in [1.165, 1.54) is 4.88 Å². The van der Waals surface area contributed by atoms with Crippen LogP contribution < -0.4 is 11.3 Å². The number of nitrogens with two attached hydrogens (primary N) is 1. The van der Waals surface area contributed by atoms with Gasteiger partial charge in [-0.1, -0.05) is 6.07 Å². The Morgan fingerprint density at radius 2 is 2.14 bits per heavy atom. The van der Waals surface area contributed by atoms with E-state index < -0.39 is 0 Å². The number of amides is 1. The SMILES string of the molecule is Cc1cc(NN)ccc1C(=O)N(Cc1cccs1)C(C)C. The Hall–Kier alpha value is -1.85. The van der Waals surface area contributed by atoms with Crippen LogP contribution >= 0.6 is 11.3 Å². The molecule has 0 radical (unpaired) electrons. The summed E-state index contributed by atoms with van der Waals surface area (Å²) in [5.41, 5.74) is 5.05. The number of thiophene rings is 1. The molecule has 0 aliphatic heterocycles. The van der Waals surface area contributed by atoms with Crippen molar-refractivity contribution in [1.82, 2.24) is 4.90 Å². The smallest absolute Gasteiger partial charge is 0.254 e. The molecule has 1 aromatic heterocycles. The molecule has 0 bridgehead atoms. The molecular weight excluding hydrogens is 282 g/mol. The number of rotatable bonds is 5. The van der Waals surface area contributed by atoms with Crippen molar-refractivity contribution in [3.8, 4) is 0 Å². The Morgan fingerprint density at radius 3 is 2.67 bits per heavy atom. The molecule has 0 spiro atoms. The molecule has 1 amide bonds. The van der Waals surface area contributed by atoms with E-state index >= 15 is 0 Å². The molecular formula is C16H21N3OS. The molecule has 0 atom stereocenters. The summed E-state index contributed by atoms with van der Waals surface area (Å²) in [5, 5.41) is 2.03. The molecule has 3 N–H and O–H groups in total. The van der Waals surface area contributed by atoms with Gasteiger partial charge in [-0.25, -0.2) is 0 Å². The molecule has 0 unspecified atom stereocenters. The van der Waals surface area contributed by atoms with Crippen LogP contribution in [0.2, 0.25) is 0 Å². The molecule has 2 aromatic rings. The molecule has 112 valence electrons. The van der Waals surface area contributed by atoms with Gasteiger partial charge < -0.3 is 10.3 Å². The lowest BCUT2D eigenvalue weighted by Gasteiger charge is -2.27. The molecule has 4 nitrogen and oxygen atoms in total. The fourth-order valence-corrected chi connectivity index (χ4v) is 2.91. The first-order valence-corrected chi connectivity index (χ1v) is 7.81. The minimum atomic E-state index is 0.0551. The number of nitrogens with one attached hydrogen (secondary N) is 1. The number of hydrogen-bond acceptors (Lipinski definition) is 4. The van der Waals surface area contributed by atoms with Gasteiger partial charge in [0.15, 0.2) is 0 Å². The van der Waals surface area contributed by atoms with Crippen LogP contribution in [0.5, 0.6) is 0 Å². The van der Waals surface area contributed by atoms with Gasteiger partial charge in [0.2, 0.25) is 0 Å². The average molecular weight is 303 g/mol. The van der Waals surface area contributed by atoms with Gasteiger partial charge in [-0.05, 0) is 56.0 Å². The number of hydrogen-bond donors (Lipinski definition) is 2. The summed E-state index contributed by atoms with van der Waals surface area (Å²) in [7, 11) is 0. The lowest BCUT2D eigenvalue weighted by Crippen LogP contribution is -2.36. The second kappa shape index (κ2) is 6.74. The zero-order valence-corrected chi connectivity index (χ0v) is 13.4. The molecule has 21 heavy (non-hydrogen) atoms. The predicted molar refractivity (Wildman–Crippen MR) is 88.3 cm³/mol. The monoisotopic (exact) mass is 303 g/mol. The molecule has 0 fully saturated rings. The minimum absolute atomic E-state index is 0.0551. The van der Waals surface area contributed by atoms with Gasteiger partial charge in [-0.15, -0.1) is 11.3 Å². The zero-order valence-electron chi connectivity index (χ0n) is 12.6. The topological polar surface area (TPSA) is 58.4 Å². The van der Waals surface area contributed by atoms with Gasteiger partial charge in [0.25, 0.3) is 5.91 Å². The predicted octanol–water partition coefficient (Wildman–Crippen LogP) is 3.39. The van der Waals surface area contributed by atoms with E-state index in [0.717, 1.165) is 16.8 Å². The van der Waals surface area contributed by atoms with E-state index in [4.69, 9.17) is 5.84 Å². The van der Waals surface area contributed by atoms with Gasteiger partial charge in [-0.3, -0.25) is 10.6 Å². The average Bonchev–Trinajstić information content (AvgIpc) is 2.96. The number of hydrazine groups is 1. The summed E-state index contributed by atoms with van der Waals surface area (Å²) in [6.45, 7) is 6.65. The van der Waals surface area contributed by atoms with Gasteiger partial charge >= 0.3 is 0 Å². The maximum Gasteiger partial charge on any atom is 0.254 e. The van der Waals surface area contributed by atoms with E-state index in [9.17, 15) is 4.79 Å². The Kier molecular flexibility index (Phi) is 4.98. The van der Waals surface area contributed by atoms with Crippen LogP contribution in [0.1, 0.15) is 34.6 Å². The third-order valence-corrected chi connectivity index (χ3v) is 4.28. The minimum Gasteiger partial charge on any atom is -0.331 e. The maximum atomic E-state index is 12.8. The summed E-state index contributed by atoms with van der Waals surface area (Å²) in [6, 6.07) is 9.75. The van der Waals surface area contributed by atoms with E-state index in [1.54, 1.807) is 11.3 Å². The zero-order chi connectivity index (χ0) is 15.4. The fraction of sp³-hybridized carbons (Fsp3) is 0.312. The van der Waals surface area contributed by atoms with Crippen molar-refractivity contribution < 1.29 is 4.79 Å². The maximum absolute atomic E-state index is 12.8. The first kappa shape index (κ1) is 15.5. The van der Waals surface area contributed by atoms with E-state index in [1.807, 2.05) is 55.3 Å². The summed E-state index contributed by atoms with van der Waals surface area (Å²) in [4.78, 5) is 15.9. The third kappa shape index (κ3) is 3.62. The number of nitrogen functional groups attached to an aromatic ring is 1. The van der Waals surface area contributed by atoms with Gasteiger partial charge in [-0.2, -0.15) is 0 Å². The standard InChI is InChI=1S/C16H21N3OS/c1-11(2)19(10-14-5-4-8-21-14)16(20)15-7-6-13(18-17)9-12(15)3/h4-9,11,18H,10,17H2,1-3H3. The fourth-order valence-electron chi connectivity index (χ4n) is 2.21. The summed E-state index contributed by atoms with van der Waals surface area (Å²) < 4.78 is 0. The highest BCUT2D eigenvalue weighted by molar-refractivity contribution is 7.09. The van der Waals surface area contributed by atoms with Crippen LogP contribution in [0, 0.1) is 6.92 Å². The Morgan fingerprint density at radius 1 is 1.38 bits per heavy atom. The van der Waals surface area contributed by atoms with Gasteiger partial charge in [0, 0.05) is 22.2 Å². The summed E-state index contributed by atoms with van der Waals surface area (Å²) >= 11 is 1.67. The third-order valence-electron chi connectivity index (χ3n) is 3.41. The van der Waals surface area contributed by atoms with Crippen molar-refractivity contribution >= 4 is 22.9 Å². The molecule has 0 aliphatic rings. The second-order valence-electron chi connectivity index (χ2n) is 5.28. The quantitative estimate of drug-likeness (QED) is 0.657. The van der Waals surface area contributed by atoms with Crippen LogP contribution in [0.3, 0.4) is 0 Å². The van der Waals surface area contributed by atoms with Crippen LogP contribution in [-0.2, 0) is 6.54 Å². The normalized spacial score (nSPS) is 10.7. The number of nitrogens with zero attached hydrogens (tertiary/aromatic N) is 1. The van der Waals surface area contributed by atoms with Crippen molar-refractivity contribution in [3.05, 3.63) is 51.7 Å². The molecule has 5 heteroatoms. The molecule has 2 rings (SSSR count). The van der Waals surface area contributed by atoms with Crippen molar-refractivity contribution in [2.24, 2.45) is 5.84 Å². The van der Waals surface area contributed by atoms with Crippen molar-refractivity contribution in [2.45, 2.75) is 33.4 Å². The number of benzene rings is 1. The highest BCUT2D eigenvalue weighted by Gasteiger charge is 2.21. The van der Waals surface area contributed by atoms with E-state index in [2.05, 4.69) is 11.5 Å².